The van der Waals surface area contributed by atoms with E-state index in [1.165, 1.54) is 27.8 Å². The molecule has 4 heteroatoms. The molecule has 3 nitrogen and oxygen atoms in total. The highest BCUT2D eigenvalue weighted by Gasteiger charge is 2.40. The number of furan rings is 1. The van der Waals surface area contributed by atoms with Crippen LogP contribution in [0.15, 0.2) is 120 Å². The van der Waals surface area contributed by atoms with Crippen molar-refractivity contribution in [3.63, 3.8) is 0 Å². The zero-order valence-electron chi connectivity index (χ0n) is 25.0. The number of ether oxygens (including phenoxy) is 1. The van der Waals surface area contributed by atoms with E-state index in [0.717, 1.165) is 39.4 Å². The molecule has 0 amide bonds. The van der Waals surface area contributed by atoms with Gasteiger partial charge in [-0.2, -0.15) is 0 Å². The summed E-state index contributed by atoms with van der Waals surface area (Å²) in [5.41, 5.74) is 8.84. The average molecular weight is 552 g/mol. The molecule has 0 saturated carbocycles. The maximum Gasteiger partial charge on any atom is 0.331 e. The molecule has 0 aliphatic heterocycles. The molecular weight excluding hydrogens is 515 g/mol. The van der Waals surface area contributed by atoms with Gasteiger partial charge in [-0.15, -0.1) is 0 Å². The number of benzene rings is 5. The standard InChI is InChI=1S/C38H36BO3/c1-6-38(4,40-5)37(2,3)42-39-33-21-14-22-35-36(33)32-25-27(23-24-34(32)41-35)29-18-11-13-20-31(29)30-19-12-10-17-28(30)26-15-8-7-9-16-26/h7-25H,6H2,1-5H3. The van der Waals surface area contributed by atoms with Gasteiger partial charge in [0, 0.05) is 17.9 Å². The molecule has 6 aromatic rings. The van der Waals surface area contributed by atoms with E-state index in [2.05, 4.69) is 131 Å². The summed E-state index contributed by atoms with van der Waals surface area (Å²) in [6.07, 6.45) is 0.833. The first kappa shape index (κ1) is 28.0. The third kappa shape index (κ3) is 4.95. The number of hydrogen-bond acceptors (Lipinski definition) is 3. The quantitative estimate of drug-likeness (QED) is 0.168. The first-order valence-electron chi connectivity index (χ1n) is 14.6. The first-order chi connectivity index (χ1) is 20.3. The summed E-state index contributed by atoms with van der Waals surface area (Å²) in [5, 5.41) is 2.11. The highest BCUT2D eigenvalue weighted by Crippen LogP contribution is 2.40. The van der Waals surface area contributed by atoms with E-state index in [0.29, 0.717) is 0 Å². The van der Waals surface area contributed by atoms with E-state index in [1.807, 2.05) is 19.6 Å². The van der Waals surface area contributed by atoms with Gasteiger partial charge < -0.3 is 13.8 Å². The van der Waals surface area contributed by atoms with Gasteiger partial charge in [0.1, 0.15) is 11.2 Å². The zero-order valence-corrected chi connectivity index (χ0v) is 25.0. The Morgan fingerprint density at radius 2 is 1.26 bits per heavy atom. The summed E-state index contributed by atoms with van der Waals surface area (Å²) in [5.74, 6) is 0. The van der Waals surface area contributed by atoms with Gasteiger partial charge in [-0.25, -0.2) is 0 Å². The van der Waals surface area contributed by atoms with Crippen molar-refractivity contribution in [3.8, 4) is 33.4 Å². The topological polar surface area (TPSA) is 31.6 Å². The lowest BCUT2D eigenvalue weighted by Gasteiger charge is -2.43. The molecule has 1 atom stereocenters. The van der Waals surface area contributed by atoms with Gasteiger partial charge in [0.2, 0.25) is 0 Å². The maximum absolute atomic E-state index is 6.44. The molecule has 1 unspecified atom stereocenters. The predicted molar refractivity (Wildman–Crippen MR) is 176 cm³/mol. The van der Waals surface area contributed by atoms with E-state index in [-0.39, 0.29) is 0 Å². The van der Waals surface area contributed by atoms with Crippen LogP contribution < -0.4 is 5.46 Å². The van der Waals surface area contributed by atoms with Gasteiger partial charge in [0.25, 0.3) is 0 Å². The van der Waals surface area contributed by atoms with Gasteiger partial charge in [-0.05, 0) is 84.2 Å². The number of methoxy groups -OCH3 is 1. The lowest BCUT2D eigenvalue weighted by Crippen LogP contribution is -2.52. The Bertz CT molecular complexity index is 1850. The van der Waals surface area contributed by atoms with Crippen LogP contribution in [0.5, 0.6) is 0 Å². The van der Waals surface area contributed by atoms with E-state index in [4.69, 9.17) is 13.8 Å². The van der Waals surface area contributed by atoms with Gasteiger partial charge in [-0.1, -0.05) is 104 Å². The van der Waals surface area contributed by atoms with Crippen molar-refractivity contribution in [2.24, 2.45) is 0 Å². The molecule has 1 heterocycles. The largest absolute Gasteiger partial charge is 0.456 e. The molecule has 0 fully saturated rings. The minimum absolute atomic E-state index is 0.428. The van der Waals surface area contributed by atoms with Crippen LogP contribution in [0.4, 0.5) is 0 Å². The monoisotopic (exact) mass is 551 g/mol. The third-order valence-corrected chi connectivity index (χ3v) is 8.95. The molecule has 6 rings (SSSR count). The molecule has 42 heavy (non-hydrogen) atoms. The fraction of sp³-hybridized carbons (Fsp3) is 0.211. The van der Waals surface area contributed by atoms with E-state index in [9.17, 15) is 0 Å². The van der Waals surface area contributed by atoms with Gasteiger partial charge in [0.05, 0.1) is 11.2 Å². The van der Waals surface area contributed by atoms with Crippen molar-refractivity contribution in [3.05, 3.63) is 115 Å². The molecule has 0 saturated heterocycles. The molecule has 0 N–H and O–H groups in total. The van der Waals surface area contributed by atoms with Crippen LogP contribution in [0.3, 0.4) is 0 Å². The summed E-state index contributed by atoms with van der Waals surface area (Å²) < 4.78 is 18.6. The first-order valence-corrected chi connectivity index (χ1v) is 14.6. The molecular formula is C38H36BO3. The van der Waals surface area contributed by atoms with Crippen molar-refractivity contribution < 1.29 is 13.8 Å². The van der Waals surface area contributed by atoms with Crippen LogP contribution in [0.1, 0.15) is 34.1 Å². The molecule has 0 spiro atoms. The summed E-state index contributed by atoms with van der Waals surface area (Å²) in [4.78, 5) is 0. The van der Waals surface area contributed by atoms with Gasteiger partial charge in [-0.3, -0.25) is 0 Å². The molecule has 5 aromatic carbocycles. The summed E-state index contributed by atoms with van der Waals surface area (Å²) in [7, 11) is 3.61. The Hall–Kier alpha value is -4.12. The second kappa shape index (κ2) is 11.3. The number of rotatable bonds is 9. The minimum Gasteiger partial charge on any atom is -0.456 e. The second-order valence-electron chi connectivity index (χ2n) is 11.5. The molecule has 0 aliphatic rings. The Labute approximate surface area is 249 Å². The lowest BCUT2D eigenvalue weighted by atomic mass is 9.79. The smallest absolute Gasteiger partial charge is 0.331 e. The second-order valence-corrected chi connectivity index (χ2v) is 11.5. The van der Waals surface area contributed by atoms with Crippen molar-refractivity contribution in [1.29, 1.82) is 0 Å². The zero-order chi connectivity index (χ0) is 29.3. The SMILES string of the molecule is CCC(C)(OC)C(C)(C)O[B]c1cccc2oc3ccc(-c4ccccc4-c4ccccc4-c4ccccc4)cc3c12. The Balaban J connectivity index is 1.45. The summed E-state index contributed by atoms with van der Waals surface area (Å²) in [6.45, 7) is 8.36. The van der Waals surface area contributed by atoms with E-state index >= 15 is 0 Å². The molecule has 1 aromatic heterocycles. The highest BCUT2D eigenvalue weighted by atomic mass is 16.5. The maximum atomic E-state index is 6.44. The normalized spacial score (nSPS) is 13.4. The lowest BCUT2D eigenvalue weighted by molar-refractivity contribution is -0.128. The number of fused-ring (bicyclic) bond motifs is 3. The molecule has 0 bridgehead atoms. The Morgan fingerprint density at radius 3 is 1.90 bits per heavy atom. The molecule has 209 valence electrons. The fourth-order valence-corrected chi connectivity index (χ4v) is 5.83. The minimum atomic E-state index is -0.533. The van der Waals surface area contributed by atoms with Crippen LogP contribution in [0.2, 0.25) is 0 Å². The molecule has 0 aliphatic carbocycles. The van der Waals surface area contributed by atoms with Crippen LogP contribution in [-0.4, -0.2) is 25.8 Å². The van der Waals surface area contributed by atoms with Gasteiger partial charge >= 0.3 is 7.48 Å². The predicted octanol–water partition coefficient (Wildman–Crippen LogP) is 9.44. The van der Waals surface area contributed by atoms with Gasteiger partial charge in [0.15, 0.2) is 0 Å². The van der Waals surface area contributed by atoms with Crippen molar-refractivity contribution in [2.75, 3.05) is 7.11 Å². The van der Waals surface area contributed by atoms with E-state index < -0.39 is 11.2 Å². The van der Waals surface area contributed by atoms with Crippen LogP contribution >= 0.6 is 0 Å². The highest BCUT2D eigenvalue weighted by molar-refractivity contribution is 6.52. The number of hydrogen-bond donors (Lipinski definition) is 0. The Kier molecular flexibility index (Phi) is 7.53. The van der Waals surface area contributed by atoms with Crippen LogP contribution in [0, 0.1) is 0 Å². The third-order valence-electron chi connectivity index (χ3n) is 8.95. The summed E-state index contributed by atoms with van der Waals surface area (Å²) in [6, 6.07) is 40.4. The average Bonchev–Trinajstić information content (AvgIpc) is 3.42. The van der Waals surface area contributed by atoms with E-state index in [1.54, 1.807) is 7.11 Å². The van der Waals surface area contributed by atoms with Crippen molar-refractivity contribution in [1.82, 2.24) is 0 Å². The van der Waals surface area contributed by atoms with Crippen molar-refractivity contribution >= 4 is 34.9 Å². The van der Waals surface area contributed by atoms with Crippen LogP contribution in [-0.2, 0) is 9.39 Å². The van der Waals surface area contributed by atoms with Crippen LogP contribution in [0.25, 0.3) is 55.3 Å². The summed E-state index contributed by atoms with van der Waals surface area (Å²) >= 11 is 0. The Morgan fingerprint density at radius 1 is 0.643 bits per heavy atom. The van der Waals surface area contributed by atoms with Crippen molar-refractivity contribution in [2.45, 2.75) is 45.3 Å². The molecule has 1 radical (unpaired) electrons. The fourth-order valence-electron chi connectivity index (χ4n) is 5.83.